The predicted molar refractivity (Wildman–Crippen MR) is 115 cm³/mol. The fraction of sp³-hybridized carbons (Fsp3) is 0.125. The number of carbonyl (C=O) groups is 1. The SMILES string of the molecule is O=C(NCCc1cccc(F)c1)c1cn(Cc2ccc(Cl)cc2)c2ccccc12. The molecule has 0 bridgehead atoms. The first kappa shape index (κ1) is 19.2. The maximum absolute atomic E-state index is 13.3. The van der Waals surface area contributed by atoms with E-state index in [4.69, 9.17) is 11.6 Å². The molecular formula is C24H20ClFN2O. The molecular weight excluding hydrogens is 387 g/mol. The van der Waals surface area contributed by atoms with Gasteiger partial charge in [0, 0.05) is 35.2 Å². The lowest BCUT2D eigenvalue weighted by atomic mass is 10.1. The Bertz CT molecular complexity index is 1150. The smallest absolute Gasteiger partial charge is 0.253 e. The molecule has 0 aliphatic carbocycles. The molecule has 4 aromatic rings. The van der Waals surface area contributed by atoms with Crippen LogP contribution in [0.4, 0.5) is 4.39 Å². The van der Waals surface area contributed by atoms with Crippen LogP contribution in [0.5, 0.6) is 0 Å². The Morgan fingerprint density at radius 1 is 0.966 bits per heavy atom. The molecule has 0 aliphatic rings. The zero-order valence-electron chi connectivity index (χ0n) is 15.7. The predicted octanol–water partition coefficient (Wildman–Crippen LogP) is 5.45. The first-order valence-corrected chi connectivity index (χ1v) is 9.83. The lowest BCUT2D eigenvalue weighted by Gasteiger charge is -2.06. The van der Waals surface area contributed by atoms with E-state index in [9.17, 15) is 9.18 Å². The number of aromatic nitrogens is 1. The Morgan fingerprint density at radius 3 is 2.55 bits per heavy atom. The van der Waals surface area contributed by atoms with Gasteiger partial charge in [-0.15, -0.1) is 0 Å². The molecule has 0 atom stereocenters. The lowest BCUT2D eigenvalue weighted by molar-refractivity contribution is 0.0955. The van der Waals surface area contributed by atoms with Crippen molar-refractivity contribution in [2.24, 2.45) is 0 Å². The third-order valence-corrected chi connectivity index (χ3v) is 5.14. The summed E-state index contributed by atoms with van der Waals surface area (Å²) < 4.78 is 15.4. The van der Waals surface area contributed by atoms with Crippen LogP contribution in [-0.4, -0.2) is 17.0 Å². The number of halogens is 2. The van der Waals surface area contributed by atoms with Crippen molar-refractivity contribution in [1.29, 1.82) is 0 Å². The highest BCUT2D eigenvalue weighted by atomic mass is 35.5. The summed E-state index contributed by atoms with van der Waals surface area (Å²) in [5, 5.41) is 4.56. The van der Waals surface area contributed by atoms with Crippen LogP contribution in [0.2, 0.25) is 5.02 Å². The van der Waals surface area contributed by atoms with E-state index in [0.717, 1.165) is 22.0 Å². The number of nitrogens with zero attached hydrogens (tertiary/aromatic N) is 1. The largest absolute Gasteiger partial charge is 0.352 e. The van der Waals surface area contributed by atoms with E-state index in [0.29, 0.717) is 30.1 Å². The first-order chi connectivity index (χ1) is 14.1. The summed E-state index contributed by atoms with van der Waals surface area (Å²) in [6.45, 7) is 1.09. The number of hydrogen-bond donors (Lipinski definition) is 1. The summed E-state index contributed by atoms with van der Waals surface area (Å²) in [4.78, 5) is 12.8. The van der Waals surface area contributed by atoms with E-state index in [1.165, 1.54) is 12.1 Å². The molecule has 0 fully saturated rings. The van der Waals surface area contributed by atoms with Crippen molar-refractivity contribution >= 4 is 28.4 Å². The van der Waals surface area contributed by atoms with Crippen LogP contribution < -0.4 is 5.32 Å². The minimum atomic E-state index is -0.265. The molecule has 0 saturated carbocycles. The molecule has 3 aromatic carbocycles. The van der Waals surface area contributed by atoms with E-state index in [1.807, 2.05) is 60.8 Å². The second-order valence-electron chi connectivity index (χ2n) is 6.95. The number of rotatable bonds is 6. The number of benzene rings is 3. The summed E-state index contributed by atoms with van der Waals surface area (Å²) in [6, 6.07) is 22.0. The molecule has 0 unspecified atom stereocenters. The summed E-state index contributed by atoms with van der Waals surface area (Å²) in [6.07, 6.45) is 2.46. The molecule has 0 radical (unpaired) electrons. The maximum atomic E-state index is 13.3. The maximum Gasteiger partial charge on any atom is 0.253 e. The summed E-state index contributed by atoms with van der Waals surface area (Å²) >= 11 is 5.98. The van der Waals surface area contributed by atoms with E-state index < -0.39 is 0 Å². The third kappa shape index (κ3) is 4.49. The standard InChI is InChI=1S/C24H20ClFN2O/c25-19-10-8-18(9-11-19)15-28-16-22(21-6-1-2-7-23(21)28)24(29)27-13-12-17-4-3-5-20(26)14-17/h1-11,14,16H,12-13,15H2,(H,27,29). The minimum absolute atomic E-state index is 0.132. The van der Waals surface area contributed by atoms with Crippen LogP contribution >= 0.6 is 11.6 Å². The molecule has 4 rings (SSSR count). The van der Waals surface area contributed by atoms with Gasteiger partial charge in [-0.1, -0.05) is 54.1 Å². The van der Waals surface area contributed by atoms with Gasteiger partial charge < -0.3 is 9.88 Å². The van der Waals surface area contributed by atoms with Crippen LogP contribution in [0.1, 0.15) is 21.5 Å². The van der Waals surface area contributed by atoms with Gasteiger partial charge in [-0.05, 0) is 47.9 Å². The molecule has 29 heavy (non-hydrogen) atoms. The molecule has 0 saturated heterocycles. The van der Waals surface area contributed by atoms with Crippen LogP contribution in [0.15, 0.2) is 79.0 Å². The zero-order valence-corrected chi connectivity index (χ0v) is 16.5. The van der Waals surface area contributed by atoms with Crippen molar-refractivity contribution in [3.8, 4) is 0 Å². The highest BCUT2D eigenvalue weighted by Crippen LogP contribution is 2.23. The second-order valence-corrected chi connectivity index (χ2v) is 7.39. The average Bonchev–Trinajstić information content (AvgIpc) is 3.08. The summed E-state index contributed by atoms with van der Waals surface area (Å²) in [5.41, 5.74) is 3.59. The van der Waals surface area contributed by atoms with Gasteiger partial charge >= 0.3 is 0 Å². The summed E-state index contributed by atoms with van der Waals surface area (Å²) in [5.74, 6) is -0.397. The van der Waals surface area contributed by atoms with Crippen molar-refractivity contribution < 1.29 is 9.18 Å². The highest BCUT2D eigenvalue weighted by molar-refractivity contribution is 6.30. The second kappa shape index (κ2) is 8.50. The van der Waals surface area contributed by atoms with Gasteiger partial charge in [0.15, 0.2) is 0 Å². The molecule has 5 heteroatoms. The Labute approximate surface area is 173 Å². The topological polar surface area (TPSA) is 34.0 Å². The van der Waals surface area contributed by atoms with Crippen molar-refractivity contribution in [2.75, 3.05) is 6.54 Å². The van der Waals surface area contributed by atoms with Crippen LogP contribution in [0, 0.1) is 5.82 Å². The Hall–Kier alpha value is -3.11. The van der Waals surface area contributed by atoms with Crippen LogP contribution in [0.25, 0.3) is 10.9 Å². The van der Waals surface area contributed by atoms with Crippen LogP contribution in [-0.2, 0) is 13.0 Å². The van der Waals surface area contributed by atoms with E-state index in [1.54, 1.807) is 6.07 Å². The monoisotopic (exact) mass is 406 g/mol. The van der Waals surface area contributed by atoms with E-state index in [-0.39, 0.29) is 11.7 Å². The third-order valence-electron chi connectivity index (χ3n) is 4.89. The number of carbonyl (C=O) groups excluding carboxylic acids is 1. The van der Waals surface area contributed by atoms with Crippen molar-refractivity contribution in [3.05, 3.63) is 107 Å². The van der Waals surface area contributed by atoms with E-state index >= 15 is 0 Å². The lowest BCUT2D eigenvalue weighted by Crippen LogP contribution is -2.25. The number of fused-ring (bicyclic) bond motifs is 1. The molecule has 3 nitrogen and oxygen atoms in total. The normalized spacial score (nSPS) is 11.0. The van der Waals surface area contributed by atoms with Gasteiger partial charge in [-0.25, -0.2) is 4.39 Å². The highest BCUT2D eigenvalue weighted by Gasteiger charge is 2.14. The molecule has 1 aromatic heterocycles. The minimum Gasteiger partial charge on any atom is -0.352 e. The van der Waals surface area contributed by atoms with Crippen LogP contribution in [0.3, 0.4) is 0 Å². The molecule has 1 amide bonds. The van der Waals surface area contributed by atoms with Gasteiger partial charge in [-0.3, -0.25) is 4.79 Å². The number of nitrogens with one attached hydrogen (secondary N) is 1. The Balaban J connectivity index is 1.52. The van der Waals surface area contributed by atoms with Gasteiger partial charge in [-0.2, -0.15) is 0 Å². The van der Waals surface area contributed by atoms with Gasteiger partial charge in [0.05, 0.1) is 5.56 Å². The van der Waals surface area contributed by atoms with Crippen molar-refractivity contribution in [3.63, 3.8) is 0 Å². The molecule has 1 N–H and O–H groups in total. The molecule has 146 valence electrons. The van der Waals surface area contributed by atoms with Gasteiger partial charge in [0.2, 0.25) is 0 Å². The Morgan fingerprint density at radius 2 is 1.76 bits per heavy atom. The Kier molecular flexibility index (Phi) is 5.63. The quantitative estimate of drug-likeness (QED) is 0.453. The molecule has 1 heterocycles. The number of hydrogen-bond acceptors (Lipinski definition) is 1. The van der Waals surface area contributed by atoms with Gasteiger partial charge in [0.1, 0.15) is 5.82 Å². The molecule has 0 aliphatic heterocycles. The average molecular weight is 407 g/mol. The first-order valence-electron chi connectivity index (χ1n) is 9.45. The fourth-order valence-electron chi connectivity index (χ4n) is 3.45. The zero-order chi connectivity index (χ0) is 20.2. The van der Waals surface area contributed by atoms with Crippen molar-refractivity contribution in [2.45, 2.75) is 13.0 Å². The van der Waals surface area contributed by atoms with Crippen molar-refractivity contribution in [1.82, 2.24) is 9.88 Å². The van der Waals surface area contributed by atoms with E-state index in [2.05, 4.69) is 9.88 Å². The summed E-state index contributed by atoms with van der Waals surface area (Å²) in [7, 11) is 0. The molecule has 0 spiro atoms. The van der Waals surface area contributed by atoms with Gasteiger partial charge in [0.25, 0.3) is 5.91 Å². The fourth-order valence-corrected chi connectivity index (χ4v) is 3.58. The number of para-hydroxylation sites is 1. The number of amides is 1.